The Labute approximate surface area is 173 Å². The molecule has 3 rings (SSSR count). The molecular weight excluding hydrogens is 394 g/mol. The summed E-state index contributed by atoms with van der Waals surface area (Å²) in [6.07, 6.45) is -1.07. The van der Waals surface area contributed by atoms with Crippen molar-refractivity contribution in [3.63, 3.8) is 0 Å². The van der Waals surface area contributed by atoms with Crippen LogP contribution in [0.5, 0.6) is 28.7 Å². The molecule has 0 aliphatic carbocycles. The highest BCUT2D eigenvalue weighted by Crippen LogP contribution is 2.38. The summed E-state index contributed by atoms with van der Waals surface area (Å²) in [6.45, 7) is 1.64. The molecule has 2 aromatic carbocycles. The van der Waals surface area contributed by atoms with Gasteiger partial charge in [0.25, 0.3) is 5.91 Å². The molecule has 1 heterocycles. The van der Waals surface area contributed by atoms with Crippen molar-refractivity contribution in [2.75, 3.05) is 33.4 Å². The third-order valence-corrected chi connectivity index (χ3v) is 4.39. The van der Waals surface area contributed by atoms with Gasteiger partial charge in [0.15, 0.2) is 29.1 Å². The van der Waals surface area contributed by atoms with Crippen molar-refractivity contribution in [1.82, 2.24) is 0 Å². The molecule has 0 unspecified atom stereocenters. The maximum absolute atomic E-state index is 12.4. The van der Waals surface area contributed by atoms with Gasteiger partial charge >= 0.3 is 5.97 Å². The number of rotatable bonds is 8. The summed E-state index contributed by atoms with van der Waals surface area (Å²) in [6, 6.07) is 8.32. The zero-order valence-corrected chi connectivity index (χ0v) is 17.1. The lowest BCUT2D eigenvalue weighted by molar-refractivity contribution is -0.152. The predicted octanol–water partition coefficient (Wildman–Crippen LogP) is 2.55. The highest BCUT2D eigenvalue weighted by molar-refractivity contribution is 5.95. The van der Waals surface area contributed by atoms with Crippen LogP contribution < -0.4 is 29.0 Å². The number of methoxy groups -OCH3 is 3. The van der Waals surface area contributed by atoms with E-state index in [-0.39, 0.29) is 13.2 Å². The van der Waals surface area contributed by atoms with Gasteiger partial charge < -0.3 is 33.7 Å². The van der Waals surface area contributed by atoms with Gasteiger partial charge in [0.05, 0.1) is 27.8 Å². The number of fused-ring (bicyclic) bond motifs is 1. The van der Waals surface area contributed by atoms with Crippen LogP contribution in [-0.2, 0) is 20.7 Å². The Hall–Kier alpha value is -3.62. The molecule has 0 radical (unpaired) electrons. The van der Waals surface area contributed by atoms with Crippen LogP contribution in [0.1, 0.15) is 12.5 Å². The standard InChI is InChI=1S/C21H23NO8/c1-12(21(24)22-14-5-6-15-16(10-14)29-11-28-15)30-19(23)9-13-7-17(25-2)20(27-4)18(8-13)26-3/h5-8,10,12H,9,11H2,1-4H3,(H,22,24)/t12-/m0/s1. The molecule has 1 N–H and O–H groups in total. The van der Waals surface area contributed by atoms with Gasteiger partial charge in [-0.2, -0.15) is 0 Å². The van der Waals surface area contributed by atoms with Crippen molar-refractivity contribution < 1.29 is 38.0 Å². The van der Waals surface area contributed by atoms with E-state index >= 15 is 0 Å². The van der Waals surface area contributed by atoms with Crippen molar-refractivity contribution in [2.45, 2.75) is 19.4 Å². The molecule has 2 aromatic rings. The third kappa shape index (κ3) is 4.68. The van der Waals surface area contributed by atoms with Gasteiger partial charge in [0, 0.05) is 11.8 Å². The summed E-state index contributed by atoms with van der Waals surface area (Å²) in [5, 5.41) is 2.68. The number of benzene rings is 2. The Morgan fingerprint density at radius 1 is 1.00 bits per heavy atom. The first-order chi connectivity index (χ1) is 14.4. The van der Waals surface area contributed by atoms with Gasteiger partial charge in [-0.3, -0.25) is 9.59 Å². The van der Waals surface area contributed by atoms with E-state index < -0.39 is 18.0 Å². The Morgan fingerprint density at radius 2 is 1.67 bits per heavy atom. The fraction of sp³-hybridized carbons (Fsp3) is 0.333. The maximum Gasteiger partial charge on any atom is 0.311 e. The fourth-order valence-corrected chi connectivity index (χ4v) is 2.91. The summed E-state index contributed by atoms with van der Waals surface area (Å²) in [7, 11) is 4.47. The molecule has 9 nitrogen and oxygen atoms in total. The van der Waals surface area contributed by atoms with Gasteiger partial charge in [-0.25, -0.2) is 0 Å². The minimum Gasteiger partial charge on any atom is -0.493 e. The number of amides is 1. The van der Waals surface area contributed by atoms with Crippen LogP contribution in [0.15, 0.2) is 30.3 Å². The molecule has 0 saturated heterocycles. The molecule has 0 aromatic heterocycles. The second-order valence-electron chi connectivity index (χ2n) is 6.40. The number of esters is 1. The Kier molecular flexibility index (Phi) is 6.51. The molecule has 30 heavy (non-hydrogen) atoms. The van der Waals surface area contributed by atoms with Crippen LogP contribution in [0.4, 0.5) is 5.69 Å². The smallest absolute Gasteiger partial charge is 0.311 e. The first-order valence-corrected chi connectivity index (χ1v) is 9.14. The number of hydrogen-bond acceptors (Lipinski definition) is 8. The Bertz CT molecular complexity index is 918. The minimum atomic E-state index is -0.995. The average molecular weight is 417 g/mol. The Balaban J connectivity index is 1.60. The highest BCUT2D eigenvalue weighted by atomic mass is 16.7. The number of carbonyl (C=O) groups is 2. The first kappa shape index (κ1) is 21.1. The number of ether oxygens (including phenoxy) is 6. The van der Waals surface area contributed by atoms with E-state index in [1.807, 2.05) is 0 Å². The van der Waals surface area contributed by atoms with Gasteiger partial charge in [0.2, 0.25) is 12.5 Å². The SMILES string of the molecule is COc1cc(CC(=O)O[C@@H](C)C(=O)Nc2ccc3c(c2)OCO3)cc(OC)c1OC. The molecule has 1 aliphatic rings. The van der Waals surface area contributed by atoms with Crippen molar-refractivity contribution in [1.29, 1.82) is 0 Å². The van der Waals surface area contributed by atoms with E-state index in [2.05, 4.69) is 5.32 Å². The van der Waals surface area contributed by atoms with E-state index in [1.165, 1.54) is 28.3 Å². The molecule has 1 atom stereocenters. The van der Waals surface area contributed by atoms with Crippen LogP contribution in [-0.4, -0.2) is 46.1 Å². The first-order valence-electron chi connectivity index (χ1n) is 9.14. The van der Waals surface area contributed by atoms with Crippen molar-refractivity contribution in [3.8, 4) is 28.7 Å². The second-order valence-corrected chi connectivity index (χ2v) is 6.40. The van der Waals surface area contributed by atoms with Crippen molar-refractivity contribution >= 4 is 17.6 Å². The summed E-state index contributed by atoms with van der Waals surface area (Å²) < 4.78 is 31.6. The lowest BCUT2D eigenvalue weighted by atomic mass is 10.1. The minimum absolute atomic E-state index is 0.0711. The van der Waals surface area contributed by atoms with E-state index in [4.69, 9.17) is 28.4 Å². The van der Waals surface area contributed by atoms with E-state index in [9.17, 15) is 9.59 Å². The highest BCUT2D eigenvalue weighted by Gasteiger charge is 2.21. The van der Waals surface area contributed by atoms with Crippen LogP contribution in [0, 0.1) is 0 Å². The number of anilines is 1. The molecule has 0 saturated carbocycles. The molecule has 1 aliphatic heterocycles. The lowest BCUT2D eigenvalue weighted by Crippen LogP contribution is -2.30. The normalized spacial score (nSPS) is 12.7. The quantitative estimate of drug-likeness (QED) is 0.654. The topological polar surface area (TPSA) is 102 Å². The number of carbonyl (C=O) groups excluding carboxylic acids is 2. The molecule has 0 bridgehead atoms. The maximum atomic E-state index is 12.4. The molecule has 9 heteroatoms. The van der Waals surface area contributed by atoms with Crippen molar-refractivity contribution in [3.05, 3.63) is 35.9 Å². The molecule has 0 fully saturated rings. The van der Waals surface area contributed by atoms with E-state index in [0.717, 1.165) is 0 Å². The molecule has 0 spiro atoms. The van der Waals surface area contributed by atoms with Crippen LogP contribution in [0.3, 0.4) is 0 Å². The third-order valence-electron chi connectivity index (χ3n) is 4.39. The predicted molar refractivity (Wildman–Crippen MR) is 107 cm³/mol. The van der Waals surface area contributed by atoms with E-state index in [1.54, 1.807) is 30.3 Å². The van der Waals surface area contributed by atoms with Gasteiger partial charge in [-0.1, -0.05) is 0 Å². The van der Waals surface area contributed by atoms with Gasteiger partial charge in [-0.15, -0.1) is 0 Å². The largest absolute Gasteiger partial charge is 0.493 e. The lowest BCUT2D eigenvalue weighted by Gasteiger charge is -2.16. The fourth-order valence-electron chi connectivity index (χ4n) is 2.91. The van der Waals surface area contributed by atoms with Crippen molar-refractivity contribution in [2.24, 2.45) is 0 Å². The summed E-state index contributed by atoms with van der Waals surface area (Å²) in [5.74, 6) is 1.39. The van der Waals surface area contributed by atoms with Gasteiger partial charge in [-0.05, 0) is 36.8 Å². The van der Waals surface area contributed by atoms with Crippen LogP contribution in [0.2, 0.25) is 0 Å². The Morgan fingerprint density at radius 3 is 2.30 bits per heavy atom. The second kappa shape index (κ2) is 9.25. The number of hydrogen-bond donors (Lipinski definition) is 1. The molecule has 160 valence electrons. The average Bonchev–Trinajstić information content (AvgIpc) is 3.20. The number of nitrogens with one attached hydrogen (secondary N) is 1. The summed E-state index contributed by atoms with van der Waals surface area (Å²) in [5.41, 5.74) is 1.11. The van der Waals surface area contributed by atoms with E-state index in [0.29, 0.717) is 40.0 Å². The van der Waals surface area contributed by atoms with Gasteiger partial charge in [0.1, 0.15) is 0 Å². The summed E-state index contributed by atoms with van der Waals surface area (Å²) in [4.78, 5) is 24.7. The molecule has 1 amide bonds. The zero-order valence-electron chi connectivity index (χ0n) is 17.1. The molecular formula is C21H23NO8. The van der Waals surface area contributed by atoms with Crippen LogP contribution in [0.25, 0.3) is 0 Å². The summed E-state index contributed by atoms with van der Waals surface area (Å²) >= 11 is 0. The monoisotopic (exact) mass is 417 g/mol. The zero-order chi connectivity index (χ0) is 21.7. The van der Waals surface area contributed by atoms with Crippen LogP contribution >= 0.6 is 0 Å².